The fourth-order valence-corrected chi connectivity index (χ4v) is 8.37. The quantitative estimate of drug-likeness (QED) is 0.177. The molecule has 7 aromatic carbocycles. The van der Waals surface area contributed by atoms with Gasteiger partial charge in [-0.15, -0.1) is 11.3 Å². The number of fused-ring (bicyclic) bond motifs is 7. The summed E-state index contributed by atoms with van der Waals surface area (Å²) in [6, 6.07) is 59.1. The minimum absolute atomic E-state index is 1.06. The molecule has 2 aromatic heterocycles. The number of para-hydroxylation sites is 3. The third kappa shape index (κ3) is 4.37. The molecule has 2 heterocycles. The second-order valence-corrected chi connectivity index (χ2v) is 13.5. The van der Waals surface area contributed by atoms with Crippen molar-refractivity contribution in [2.24, 2.45) is 0 Å². The summed E-state index contributed by atoms with van der Waals surface area (Å²) in [5, 5.41) is 5.14. The van der Waals surface area contributed by atoms with Crippen molar-refractivity contribution in [2.45, 2.75) is 0 Å². The van der Waals surface area contributed by atoms with Gasteiger partial charge in [0.25, 0.3) is 0 Å². The Labute approximate surface area is 279 Å². The molecule has 0 saturated carbocycles. The van der Waals surface area contributed by atoms with Gasteiger partial charge in [0.2, 0.25) is 0 Å². The highest BCUT2D eigenvalue weighted by molar-refractivity contribution is 9.10. The summed E-state index contributed by atoms with van der Waals surface area (Å²) in [6.45, 7) is 0. The van der Waals surface area contributed by atoms with E-state index in [-0.39, 0.29) is 0 Å². The highest BCUT2D eigenvalue weighted by Gasteiger charge is 2.22. The molecule has 218 valence electrons. The van der Waals surface area contributed by atoms with Crippen LogP contribution in [0.4, 0.5) is 17.1 Å². The topological polar surface area (TPSA) is 8.17 Å². The molecular weight excluding hydrogens is 644 g/mol. The highest BCUT2D eigenvalue weighted by Crippen LogP contribution is 2.46. The first-order valence-electron chi connectivity index (χ1n) is 15.4. The Balaban J connectivity index is 1.37. The van der Waals surface area contributed by atoms with E-state index < -0.39 is 0 Å². The predicted molar refractivity (Wildman–Crippen MR) is 201 cm³/mol. The number of halogens is 1. The Morgan fingerprint density at radius 2 is 1.26 bits per heavy atom. The van der Waals surface area contributed by atoms with Crippen LogP contribution in [0.2, 0.25) is 0 Å². The molecule has 0 unspecified atom stereocenters. The van der Waals surface area contributed by atoms with E-state index in [1.807, 2.05) is 11.3 Å². The van der Waals surface area contributed by atoms with Gasteiger partial charge >= 0.3 is 0 Å². The largest absolute Gasteiger partial charge is 0.310 e. The van der Waals surface area contributed by atoms with Gasteiger partial charge in [-0.1, -0.05) is 113 Å². The average Bonchev–Trinajstić information content (AvgIpc) is 3.65. The van der Waals surface area contributed by atoms with Crippen molar-refractivity contribution < 1.29 is 0 Å². The molecule has 0 aliphatic carbocycles. The lowest BCUT2D eigenvalue weighted by Gasteiger charge is -2.28. The predicted octanol–water partition coefficient (Wildman–Crippen LogP) is 13.1. The van der Waals surface area contributed by atoms with Gasteiger partial charge in [-0.2, -0.15) is 0 Å². The van der Waals surface area contributed by atoms with Gasteiger partial charge < -0.3 is 9.47 Å². The molecule has 0 amide bonds. The molecule has 46 heavy (non-hydrogen) atoms. The zero-order chi connectivity index (χ0) is 30.6. The van der Waals surface area contributed by atoms with Gasteiger partial charge in [-0.05, 0) is 72.3 Å². The smallest absolute Gasteiger partial charge is 0.0634 e. The van der Waals surface area contributed by atoms with Crippen LogP contribution in [0.5, 0.6) is 0 Å². The lowest BCUT2D eigenvalue weighted by atomic mass is 10.0. The van der Waals surface area contributed by atoms with Gasteiger partial charge in [0.05, 0.1) is 16.7 Å². The lowest BCUT2D eigenvalue weighted by molar-refractivity contribution is 1.18. The van der Waals surface area contributed by atoms with E-state index in [1.54, 1.807) is 0 Å². The Morgan fingerprint density at radius 1 is 0.522 bits per heavy atom. The fraction of sp³-hybridized carbons (Fsp3) is 0. The Bertz CT molecular complexity index is 2550. The normalized spacial score (nSPS) is 11.6. The zero-order valence-electron chi connectivity index (χ0n) is 24.8. The van der Waals surface area contributed by atoms with Crippen LogP contribution in [-0.2, 0) is 0 Å². The second kappa shape index (κ2) is 11.0. The van der Waals surface area contributed by atoms with Crippen LogP contribution in [0.1, 0.15) is 0 Å². The van der Waals surface area contributed by atoms with Gasteiger partial charge in [0.1, 0.15) is 0 Å². The summed E-state index contributed by atoms with van der Waals surface area (Å²) in [5.74, 6) is 0. The van der Waals surface area contributed by atoms with E-state index in [9.17, 15) is 0 Å². The summed E-state index contributed by atoms with van der Waals surface area (Å²) in [5.41, 5.74) is 9.27. The highest BCUT2D eigenvalue weighted by atomic mass is 79.9. The summed E-state index contributed by atoms with van der Waals surface area (Å²) >= 11 is 5.57. The SMILES string of the molecule is Brc1cccc(-c2ccccc2N(c2ccccc2)c2ccc3c4ccc5sc6ccccc6c5c4n(-c4ccccc4)c3c2)c1. The molecular formula is C42H27BrN2S. The molecule has 0 N–H and O–H groups in total. The van der Waals surface area contributed by atoms with Crippen molar-refractivity contribution in [3.63, 3.8) is 0 Å². The van der Waals surface area contributed by atoms with Gasteiger partial charge in [0, 0.05) is 58.0 Å². The van der Waals surface area contributed by atoms with Gasteiger partial charge in [-0.25, -0.2) is 0 Å². The number of thiophene rings is 1. The number of rotatable bonds is 5. The van der Waals surface area contributed by atoms with Crippen LogP contribution in [0.3, 0.4) is 0 Å². The number of hydrogen-bond acceptors (Lipinski definition) is 2. The molecule has 0 saturated heterocycles. The molecule has 0 fully saturated rings. The van der Waals surface area contributed by atoms with E-state index in [1.165, 1.54) is 47.5 Å². The van der Waals surface area contributed by atoms with Crippen molar-refractivity contribution in [1.29, 1.82) is 0 Å². The van der Waals surface area contributed by atoms with Crippen LogP contribution >= 0.6 is 27.3 Å². The van der Waals surface area contributed by atoms with Crippen molar-refractivity contribution in [3.05, 3.63) is 168 Å². The van der Waals surface area contributed by atoms with Gasteiger partial charge in [-0.3, -0.25) is 0 Å². The first-order valence-corrected chi connectivity index (χ1v) is 17.0. The van der Waals surface area contributed by atoms with E-state index in [0.717, 1.165) is 32.8 Å². The summed E-state index contributed by atoms with van der Waals surface area (Å²) in [4.78, 5) is 2.39. The molecule has 0 bridgehead atoms. The molecule has 0 aliphatic rings. The van der Waals surface area contributed by atoms with Crippen LogP contribution in [-0.4, -0.2) is 4.57 Å². The second-order valence-electron chi connectivity index (χ2n) is 11.5. The van der Waals surface area contributed by atoms with Crippen LogP contribution in [0, 0.1) is 0 Å². The minimum Gasteiger partial charge on any atom is -0.310 e. The molecule has 4 heteroatoms. The molecule has 0 aliphatic heterocycles. The molecule has 2 nitrogen and oxygen atoms in total. The van der Waals surface area contributed by atoms with Gasteiger partial charge in [0.15, 0.2) is 0 Å². The fourth-order valence-electron chi connectivity index (χ4n) is 6.86. The van der Waals surface area contributed by atoms with E-state index in [2.05, 4.69) is 189 Å². The molecule has 0 spiro atoms. The number of anilines is 3. The van der Waals surface area contributed by atoms with Crippen molar-refractivity contribution >= 4 is 86.3 Å². The summed E-state index contributed by atoms with van der Waals surface area (Å²) in [6.07, 6.45) is 0. The maximum Gasteiger partial charge on any atom is 0.0634 e. The molecule has 9 aromatic rings. The lowest BCUT2D eigenvalue weighted by Crippen LogP contribution is -2.11. The first-order chi connectivity index (χ1) is 22.7. The van der Waals surface area contributed by atoms with Crippen molar-refractivity contribution in [1.82, 2.24) is 4.57 Å². The monoisotopic (exact) mass is 670 g/mol. The number of benzene rings is 7. The van der Waals surface area contributed by atoms with Crippen LogP contribution < -0.4 is 4.90 Å². The maximum absolute atomic E-state index is 3.70. The molecule has 0 radical (unpaired) electrons. The average molecular weight is 672 g/mol. The zero-order valence-corrected chi connectivity index (χ0v) is 27.2. The minimum atomic E-state index is 1.06. The van der Waals surface area contributed by atoms with Crippen LogP contribution in [0.15, 0.2) is 168 Å². The number of hydrogen-bond donors (Lipinski definition) is 0. The summed E-state index contributed by atoms with van der Waals surface area (Å²) < 4.78 is 6.16. The van der Waals surface area contributed by atoms with E-state index >= 15 is 0 Å². The first kappa shape index (κ1) is 27.2. The molecule has 0 atom stereocenters. The maximum atomic E-state index is 3.70. The van der Waals surface area contributed by atoms with E-state index in [4.69, 9.17) is 0 Å². The van der Waals surface area contributed by atoms with Crippen LogP contribution in [0.25, 0.3) is 58.8 Å². The molecule has 9 rings (SSSR count). The Morgan fingerprint density at radius 3 is 2.11 bits per heavy atom. The third-order valence-corrected chi connectivity index (χ3v) is 10.4. The third-order valence-electron chi connectivity index (χ3n) is 8.82. The Kier molecular flexibility index (Phi) is 6.51. The number of aromatic nitrogens is 1. The van der Waals surface area contributed by atoms with E-state index in [0.29, 0.717) is 0 Å². The van der Waals surface area contributed by atoms with Crippen molar-refractivity contribution in [2.75, 3.05) is 4.90 Å². The standard InChI is InChI=1S/C42H27BrN2S/c43-29-13-11-12-28(26-29)33-18-7-9-20-37(33)44(30-14-3-1-4-15-30)32-22-23-34-35-24-25-40-41(36-19-8-10-21-39(36)46-40)42(35)45(38(34)27-32)31-16-5-2-6-17-31/h1-27H. The van der Waals surface area contributed by atoms with Crippen molar-refractivity contribution in [3.8, 4) is 16.8 Å². The number of nitrogens with zero attached hydrogens (tertiary/aromatic N) is 2. The summed E-state index contributed by atoms with van der Waals surface area (Å²) in [7, 11) is 0. The Hall–Kier alpha value is -5.16.